The summed E-state index contributed by atoms with van der Waals surface area (Å²) in [5, 5.41) is 5.29. The van der Waals surface area contributed by atoms with Crippen molar-refractivity contribution in [3.05, 3.63) is 23.8 Å². The lowest BCUT2D eigenvalue weighted by molar-refractivity contribution is 0.0295. The Bertz CT molecular complexity index is 622. The van der Waals surface area contributed by atoms with Gasteiger partial charge in [-0.25, -0.2) is 13.6 Å². The van der Waals surface area contributed by atoms with Crippen LogP contribution in [-0.4, -0.2) is 53.3 Å². The molecule has 1 fully saturated rings. The maximum absolute atomic E-state index is 11.8. The Morgan fingerprint density at radius 1 is 1.32 bits per heavy atom. The summed E-state index contributed by atoms with van der Waals surface area (Å²) in [6, 6.07) is 5.18. The number of hydrogen-bond donors (Lipinski definition) is 1. The molecule has 1 aliphatic heterocycles. The first kappa shape index (κ1) is 17.2. The van der Waals surface area contributed by atoms with Crippen LogP contribution in [0, 0.1) is 0 Å². The van der Waals surface area contributed by atoms with Gasteiger partial charge in [-0.05, 0) is 17.7 Å². The molecule has 124 valence electrons. The summed E-state index contributed by atoms with van der Waals surface area (Å²) < 4.78 is 34.0. The third kappa shape index (κ3) is 3.98. The van der Waals surface area contributed by atoms with Gasteiger partial charge in [-0.15, -0.1) is 0 Å². The summed E-state index contributed by atoms with van der Waals surface area (Å²) in [4.78, 5) is 2.35. The van der Waals surface area contributed by atoms with Crippen LogP contribution in [-0.2, 0) is 20.2 Å². The molecule has 1 aromatic rings. The van der Waals surface area contributed by atoms with E-state index in [0.717, 1.165) is 38.4 Å². The second-order valence-electron chi connectivity index (χ2n) is 6.18. The molecule has 7 heteroatoms. The number of methoxy groups -OCH3 is 1. The second kappa shape index (κ2) is 6.54. The van der Waals surface area contributed by atoms with Crippen LogP contribution in [0.2, 0.25) is 0 Å². The number of nitrogens with zero attached hydrogens (tertiary/aromatic N) is 1. The topological polar surface area (TPSA) is 81.9 Å². The summed E-state index contributed by atoms with van der Waals surface area (Å²) >= 11 is 0. The first-order valence-corrected chi connectivity index (χ1v) is 8.80. The Labute approximate surface area is 132 Å². The molecule has 1 aliphatic rings. The summed E-state index contributed by atoms with van der Waals surface area (Å²) in [5.41, 5.74) is 0.715. The van der Waals surface area contributed by atoms with Crippen molar-refractivity contribution >= 4 is 10.0 Å². The van der Waals surface area contributed by atoms with Crippen LogP contribution in [0.4, 0.5) is 0 Å². The van der Waals surface area contributed by atoms with E-state index >= 15 is 0 Å². The fraction of sp³-hybridized carbons (Fsp3) is 0.600. The van der Waals surface area contributed by atoms with E-state index in [1.165, 1.54) is 7.11 Å². The van der Waals surface area contributed by atoms with Crippen LogP contribution in [0.3, 0.4) is 0 Å². The smallest absolute Gasteiger partial charge is 0.241 e. The van der Waals surface area contributed by atoms with E-state index in [-0.39, 0.29) is 16.1 Å². The van der Waals surface area contributed by atoms with Gasteiger partial charge in [0, 0.05) is 25.0 Å². The van der Waals surface area contributed by atoms with Gasteiger partial charge in [0.25, 0.3) is 0 Å². The Hall–Kier alpha value is -1.15. The number of primary sulfonamides is 1. The lowest BCUT2D eigenvalue weighted by atomic mass is 9.84. The van der Waals surface area contributed by atoms with Crippen molar-refractivity contribution in [1.82, 2.24) is 4.90 Å². The maximum atomic E-state index is 11.8. The number of sulfonamides is 1. The van der Waals surface area contributed by atoms with Gasteiger partial charge in [-0.3, -0.25) is 4.90 Å². The number of rotatable bonds is 5. The summed E-state index contributed by atoms with van der Waals surface area (Å²) in [6.07, 6.45) is 0. The molecule has 1 saturated heterocycles. The molecule has 0 aromatic heterocycles. The molecule has 0 spiro atoms. The minimum atomic E-state index is -3.82. The molecule has 0 atom stereocenters. The van der Waals surface area contributed by atoms with Gasteiger partial charge in [0.2, 0.25) is 10.0 Å². The fourth-order valence-corrected chi connectivity index (χ4v) is 3.45. The van der Waals surface area contributed by atoms with Crippen molar-refractivity contribution < 1.29 is 17.9 Å². The van der Waals surface area contributed by atoms with Crippen molar-refractivity contribution in [3.63, 3.8) is 0 Å². The maximum Gasteiger partial charge on any atom is 0.241 e. The van der Waals surface area contributed by atoms with Crippen LogP contribution in [0.15, 0.2) is 23.1 Å². The Kier molecular flexibility index (Phi) is 5.11. The largest absolute Gasteiger partial charge is 0.495 e. The van der Waals surface area contributed by atoms with Crippen molar-refractivity contribution in [2.24, 2.45) is 5.14 Å². The molecule has 0 radical (unpaired) electrons. The number of benzene rings is 1. The molecule has 0 amide bonds. The van der Waals surface area contributed by atoms with Gasteiger partial charge in [-0.2, -0.15) is 0 Å². The van der Waals surface area contributed by atoms with Crippen LogP contribution >= 0.6 is 0 Å². The zero-order valence-electron chi connectivity index (χ0n) is 13.3. The average Bonchev–Trinajstić information content (AvgIpc) is 2.46. The molecule has 0 aliphatic carbocycles. The predicted molar refractivity (Wildman–Crippen MR) is 84.7 cm³/mol. The van der Waals surface area contributed by atoms with Crippen molar-refractivity contribution in [1.29, 1.82) is 0 Å². The van der Waals surface area contributed by atoms with Crippen LogP contribution in [0.1, 0.15) is 19.4 Å². The van der Waals surface area contributed by atoms with E-state index in [9.17, 15) is 8.42 Å². The predicted octanol–water partition coefficient (Wildman–Crippen LogP) is 0.952. The van der Waals surface area contributed by atoms with E-state index in [2.05, 4.69) is 18.7 Å². The van der Waals surface area contributed by atoms with Gasteiger partial charge in [0.05, 0.1) is 20.3 Å². The Morgan fingerprint density at radius 2 is 1.95 bits per heavy atom. The normalized spacial score (nSPS) is 17.5. The highest BCUT2D eigenvalue weighted by atomic mass is 32.2. The molecule has 1 aromatic carbocycles. The molecular formula is C15H24N2O4S. The highest BCUT2D eigenvalue weighted by Gasteiger charge is 2.27. The van der Waals surface area contributed by atoms with Gasteiger partial charge in [0.1, 0.15) is 10.6 Å². The minimum Gasteiger partial charge on any atom is -0.495 e. The van der Waals surface area contributed by atoms with Crippen LogP contribution < -0.4 is 9.88 Å². The first-order valence-electron chi connectivity index (χ1n) is 7.25. The van der Waals surface area contributed by atoms with Gasteiger partial charge < -0.3 is 9.47 Å². The van der Waals surface area contributed by atoms with Crippen molar-refractivity contribution in [3.8, 4) is 5.75 Å². The second-order valence-corrected chi connectivity index (χ2v) is 7.71. The van der Waals surface area contributed by atoms with Gasteiger partial charge >= 0.3 is 0 Å². The lowest BCUT2D eigenvalue weighted by Crippen LogP contribution is -2.43. The van der Waals surface area contributed by atoms with Crippen LogP contribution in [0.25, 0.3) is 0 Å². The van der Waals surface area contributed by atoms with E-state index in [1.54, 1.807) is 12.1 Å². The summed E-state index contributed by atoms with van der Waals surface area (Å²) in [7, 11) is -2.39. The molecule has 0 unspecified atom stereocenters. The molecular weight excluding hydrogens is 304 g/mol. The molecule has 2 N–H and O–H groups in total. The third-order valence-electron chi connectivity index (χ3n) is 3.97. The Morgan fingerprint density at radius 3 is 2.50 bits per heavy atom. The van der Waals surface area contributed by atoms with E-state index in [1.807, 2.05) is 6.07 Å². The first-order chi connectivity index (χ1) is 10.2. The zero-order chi connectivity index (χ0) is 16.4. The monoisotopic (exact) mass is 328 g/mol. The van der Waals surface area contributed by atoms with E-state index < -0.39 is 10.0 Å². The van der Waals surface area contributed by atoms with E-state index in [0.29, 0.717) is 0 Å². The zero-order valence-corrected chi connectivity index (χ0v) is 14.1. The highest BCUT2D eigenvalue weighted by molar-refractivity contribution is 7.89. The minimum absolute atomic E-state index is 0.0301. The number of ether oxygens (including phenoxy) is 2. The molecule has 1 heterocycles. The molecule has 22 heavy (non-hydrogen) atoms. The van der Waals surface area contributed by atoms with Crippen molar-refractivity contribution in [2.45, 2.75) is 24.2 Å². The Balaban J connectivity index is 2.30. The standard InChI is InChI=1S/C15H24N2O4S/c1-15(2,11-17-6-8-21-9-7-17)12-4-5-13(20-3)14(10-12)22(16,18)19/h4-5,10H,6-9,11H2,1-3H3,(H2,16,18,19). The average molecular weight is 328 g/mol. The van der Waals surface area contributed by atoms with E-state index in [4.69, 9.17) is 14.6 Å². The molecule has 6 nitrogen and oxygen atoms in total. The molecule has 2 rings (SSSR count). The molecule has 0 bridgehead atoms. The number of morpholine rings is 1. The van der Waals surface area contributed by atoms with Gasteiger partial charge in [0.15, 0.2) is 0 Å². The fourth-order valence-electron chi connectivity index (χ4n) is 2.73. The van der Waals surface area contributed by atoms with Crippen molar-refractivity contribution in [2.75, 3.05) is 40.0 Å². The van der Waals surface area contributed by atoms with Crippen LogP contribution in [0.5, 0.6) is 5.75 Å². The highest BCUT2D eigenvalue weighted by Crippen LogP contribution is 2.31. The summed E-state index contributed by atoms with van der Waals surface area (Å²) in [5.74, 6) is 0.272. The number of nitrogens with two attached hydrogens (primary N) is 1. The third-order valence-corrected chi connectivity index (χ3v) is 4.91. The summed E-state index contributed by atoms with van der Waals surface area (Å²) in [6.45, 7) is 8.27. The van der Waals surface area contributed by atoms with Gasteiger partial charge in [-0.1, -0.05) is 19.9 Å². The lowest BCUT2D eigenvalue weighted by Gasteiger charge is -2.35. The molecule has 0 saturated carbocycles. The number of hydrogen-bond acceptors (Lipinski definition) is 5. The SMILES string of the molecule is COc1ccc(C(C)(C)CN2CCOCC2)cc1S(N)(=O)=O. The quantitative estimate of drug-likeness (QED) is 0.870.